The lowest BCUT2D eigenvalue weighted by Crippen LogP contribution is -2.37. The summed E-state index contributed by atoms with van der Waals surface area (Å²) in [6, 6.07) is 2.43. The Labute approximate surface area is 144 Å². The van der Waals surface area contributed by atoms with Gasteiger partial charge in [0.15, 0.2) is 5.82 Å². The van der Waals surface area contributed by atoms with Crippen molar-refractivity contribution in [2.24, 2.45) is 0 Å². The molecule has 0 radical (unpaired) electrons. The van der Waals surface area contributed by atoms with Crippen LogP contribution in [0.15, 0.2) is 21.2 Å². The van der Waals surface area contributed by atoms with Crippen LogP contribution in [-0.2, 0) is 25.9 Å². The molecular formula is C17H21N5OS. The van der Waals surface area contributed by atoms with E-state index in [0.717, 1.165) is 61.0 Å². The molecule has 4 rings (SSSR count). The Bertz CT molecular complexity index is 820. The molecule has 1 N–H and O–H groups in total. The molecule has 3 aromatic rings. The van der Waals surface area contributed by atoms with E-state index in [4.69, 9.17) is 4.42 Å². The van der Waals surface area contributed by atoms with E-state index >= 15 is 0 Å². The van der Waals surface area contributed by atoms with Gasteiger partial charge in [-0.1, -0.05) is 6.92 Å². The summed E-state index contributed by atoms with van der Waals surface area (Å²) in [6.07, 6.45) is 2.94. The Balaban J connectivity index is 1.41. The third kappa shape index (κ3) is 3.01. The van der Waals surface area contributed by atoms with Gasteiger partial charge in [0, 0.05) is 36.4 Å². The van der Waals surface area contributed by atoms with E-state index in [-0.39, 0.29) is 0 Å². The Morgan fingerprint density at radius 3 is 3.12 bits per heavy atom. The monoisotopic (exact) mass is 343 g/mol. The maximum atomic E-state index is 5.80. The van der Waals surface area contributed by atoms with Crippen LogP contribution in [0, 0.1) is 6.92 Å². The van der Waals surface area contributed by atoms with Gasteiger partial charge in [-0.2, -0.15) is 16.4 Å². The second-order valence-electron chi connectivity index (χ2n) is 6.13. The van der Waals surface area contributed by atoms with Gasteiger partial charge in [0.1, 0.15) is 11.6 Å². The van der Waals surface area contributed by atoms with Gasteiger partial charge in [-0.05, 0) is 24.8 Å². The minimum atomic E-state index is 0.393. The van der Waals surface area contributed by atoms with Crippen molar-refractivity contribution in [3.63, 3.8) is 0 Å². The van der Waals surface area contributed by atoms with Crippen LogP contribution in [0.25, 0.3) is 11.5 Å². The summed E-state index contributed by atoms with van der Waals surface area (Å²) in [6.45, 7) is 5.66. The summed E-state index contributed by atoms with van der Waals surface area (Å²) in [5.41, 5.74) is 2.03. The SMILES string of the molecule is CCc1nc2n(n1)C[C@@H](NCc1nc(-c3ccsc3)oc1C)CC2. The average molecular weight is 343 g/mol. The zero-order chi connectivity index (χ0) is 16.5. The van der Waals surface area contributed by atoms with Gasteiger partial charge < -0.3 is 9.73 Å². The molecule has 126 valence electrons. The predicted molar refractivity (Wildman–Crippen MR) is 92.9 cm³/mol. The lowest BCUT2D eigenvalue weighted by Gasteiger charge is -2.23. The lowest BCUT2D eigenvalue weighted by molar-refractivity contribution is 0.355. The van der Waals surface area contributed by atoms with E-state index in [1.54, 1.807) is 11.3 Å². The molecule has 0 unspecified atom stereocenters. The van der Waals surface area contributed by atoms with Crippen molar-refractivity contribution in [1.82, 2.24) is 25.1 Å². The van der Waals surface area contributed by atoms with Crippen molar-refractivity contribution in [2.75, 3.05) is 0 Å². The van der Waals surface area contributed by atoms with Crippen LogP contribution < -0.4 is 5.32 Å². The second-order valence-corrected chi connectivity index (χ2v) is 6.91. The van der Waals surface area contributed by atoms with E-state index in [0.29, 0.717) is 11.9 Å². The average Bonchev–Trinajstić information content (AvgIpc) is 3.31. The minimum absolute atomic E-state index is 0.393. The quantitative estimate of drug-likeness (QED) is 0.771. The molecule has 3 aromatic heterocycles. The number of nitrogens with zero attached hydrogens (tertiary/aromatic N) is 4. The molecule has 4 heterocycles. The molecular weight excluding hydrogens is 322 g/mol. The number of thiophene rings is 1. The van der Waals surface area contributed by atoms with Crippen molar-refractivity contribution < 1.29 is 4.42 Å². The van der Waals surface area contributed by atoms with E-state index in [1.165, 1.54) is 0 Å². The Kier molecular flexibility index (Phi) is 4.20. The number of hydrogen-bond acceptors (Lipinski definition) is 6. The number of rotatable bonds is 5. The Hall–Kier alpha value is -1.99. The highest BCUT2D eigenvalue weighted by Crippen LogP contribution is 2.24. The number of aryl methyl sites for hydroxylation is 3. The summed E-state index contributed by atoms with van der Waals surface area (Å²) >= 11 is 1.65. The van der Waals surface area contributed by atoms with Gasteiger partial charge in [-0.25, -0.2) is 14.6 Å². The van der Waals surface area contributed by atoms with E-state index in [1.807, 2.05) is 23.1 Å². The minimum Gasteiger partial charge on any atom is -0.441 e. The smallest absolute Gasteiger partial charge is 0.227 e. The van der Waals surface area contributed by atoms with Crippen LogP contribution in [0.4, 0.5) is 0 Å². The molecule has 0 saturated heterocycles. The van der Waals surface area contributed by atoms with Crippen LogP contribution in [0.2, 0.25) is 0 Å². The van der Waals surface area contributed by atoms with Gasteiger partial charge in [-0.3, -0.25) is 0 Å². The van der Waals surface area contributed by atoms with Gasteiger partial charge in [-0.15, -0.1) is 0 Å². The first-order valence-corrected chi connectivity index (χ1v) is 9.32. The topological polar surface area (TPSA) is 68.8 Å². The zero-order valence-electron chi connectivity index (χ0n) is 14.0. The maximum Gasteiger partial charge on any atom is 0.227 e. The molecule has 1 aliphatic heterocycles. The number of nitrogens with one attached hydrogen (secondary N) is 1. The molecule has 1 aliphatic rings. The van der Waals surface area contributed by atoms with Crippen LogP contribution in [0.1, 0.15) is 36.4 Å². The first-order valence-electron chi connectivity index (χ1n) is 8.37. The largest absolute Gasteiger partial charge is 0.441 e. The third-order valence-electron chi connectivity index (χ3n) is 4.44. The van der Waals surface area contributed by atoms with Crippen molar-refractivity contribution in [3.05, 3.63) is 39.9 Å². The molecule has 1 atom stereocenters. The second kappa shape index (κ2) is 6.49. The van der Waals surface area contributed by atoms with E-state index in [2.05, 4.69) is 32.7 Å². The third-order valence-corrected chi connectivity index (χ3v) is 5.12. The van der Waals surface area contributed by atoms with Crippen LogP contribution >= 0.6 is 11.3 Å². The van der Waals surface area contributed by atoms with Crippen molar-refractivity contribution >= 4 is 11.3 Å². The molecule has 0 aromatic carbocycles. The fourth-order valence-corrected chi connectivity index (χ4v) is 3.65. The Morgan fingerprint density at radius 1 is 1.42 bits per heavy atom. The van der Waals surface area contributed by atoms with E-state index in [9.17, 15) is 0 Å². The van der Waals surface area contributed by atoms with Crippen LogP contribution in [0.3, 0.4) is 0 Å². The van der Waals surface area contributed by atoms with Crippen LogP contribution in [0.5, 0.6) is 0 Å². The highest BCUT2D eigenvalue weighted by atomic mass is 32.1. The molecule has 0 fully saturated rings. The first-order chi connectivity index (χ1) is 11.7. The molecule has 6 nitrogen and oxygen atoms in total. The molecule has 0 bridgehead atoms. The molecule has 0 amide bonds. The summed E-state index contributed by atoms with van der Waals surface area (Å²) < 4.78 is 7.85. The predicted octanol–water partition coefficient (Wildman–Crippen LogP) is 2.97. The normalized spacial score (nSPS) is 17.2. The van der Waals surface area contributed by atoms with E-state index < -0.39 is 0 Å². The molecule has 0 aliphatic carbocycles. The van der Waals surface area contributed by atoms with Crippen molar-refractivity contribution in [3.8, 4) is 11.5 Å². The summed E-state index contributed by atoms with van der Waals surface area (Å²) in [5, 5.41) is 12.3. The van der Waals surface area contributed by atoms with Gasteiger partial charge in [0.25, 0.3) is 0 Å². The molecule has 0 saturated carbocycles. The number of fused-ring (bicyclic) bond motifs is 1. The van der Waals surface area contributed by atoms with Gasteiger partial charge in [0.05, 0.1) is 12.2 Å². The molecule has 24 heavy (non-hydrogen) atoms. The summed E-state index contributed by atoms with van der Waals surface area (Å²) in [4.78, 5) is 9.21. The molecule has 7 heteroatoms. The highest BCUT2D eigenvalue weighted by molar-refractivity contribution is 7.08. The zero-order valence-corrected chi connectivity index (χ0v) is 14.8. The molecule has 0 spiro atoms. The number of oxazole rings is 1. The maximum absolute atomic E-state index is 5.80. The summed E-state index contributed by atoms with van der Waals surface area (Å²) in [5.74, 6) is 3.65. The van der Waals surface area contributed by atoms with Crippen LogP contribution in [-0.4, -0.2) is 25.8 Å². The number of aromatic nitrogens is 4. The fraction of sp³-hybridized carbons (Fsp3) is 0.471. The lowest BCUT2D eigenvalue weighted by atomic mass is 10.1. The standard InChI is InChI=1S/C17H21N5OS/c1-3-15-20-16-5-4-13(9-22(16)21-15)18-8-14-11(2)23-17(19-14)12-6-7-24-10-12/h6-7,10,13,18H,3-5,8-9H2,1-2H3/t13-/m0/s1. The van der Waals surface area contributed by atoms with Crippen molar-refractivity contribution in [1.29, 1.82) is 0 Å². The Morgan fingerprint density at radius 2 is 2.33 bits per heavy atom. The summed E-state index contributed by atoms with van der Waals surface area (Å²) in [7, 11) is 0. The van der Waals surface area contributed by atoms with Crippen molar-refractivity contribution in [2.45, 2.75) is 52.2 Å². The van der Waals surface area contributed by atoms with Gasteiger partial charge >= 0.3 is 0 Å². The highest BCUT2D eigenvalue weighted by Gasteiger charge is 2.21. The first kappa shape index (κ1) is 15.5. The number of hydrogen-bond donors (Lipinski definition) is 1. The fourth-order valence-electron chi connectivity index (χ4n) is 3.02. The van der Waals surface area contributed by atoms with Gasteiger partial charge in [0.2, 0.25) is 5.89 Å².